The van der Waals surface area contributed by atoms with Gasteiger partial charge in [0.15, 0.2) is 0 Å². The van der Waals surface area contributed by atoms with Crippen molar-refractivity contribution in [2.24, 2.45) is 0 Å². The molecule has 0 spiro atoms. The molecular formula is C22H24N4O4. The molecule has 30 heavy (non-hydrogen) atoms. The van der Waals surface area contributed by atoms with Gasteiger partial charge >= 0.3 is 0 Å². The second-order valence-electron chi connectivity index (χ2n) is 6.98. The van der Waals surface area contributed by atoms with Crippen LogP contribution in [0.2, 0.25) is 0 Å². The molecule has 1 aliphatic rings. The van der Waals surface area contributed by atoms with Crippen molar-refractivity contribution in [3.63, 3.8) is 0 Å². The van der Waals surface area contributed by atoms with Crippen molar-refractivity contribution in [2.45, 2.75) is 18.5 Å². The number of fused-ring (bicyclic) bond motifs is 1. The molecule has 8 nitrogen and oxygen atoms in total. The van der Waals surface area contributed by atoms with E-state index in [-0.39, 0.29) is 11.9 Å². The molecule has 1 aromatic heterocycles. The molecule has 0 radical (unpaired) electrons. The number of aromatic nitrogens is 1. The van der Waals surface area contributed by atoms with Gasteiger partial charge in [-0.2, -0.15) is 0 Å². The van der Waals surface area contributed by atoms with Crippen LogP contribution in [-0.2, 0) is 4.79 Å². The predicted octanol–water partition coefficient (Wildman–Crippen LogP) is 2.81. The van der Waals surface area contributed by atoms with E-state index < -0.39 is 6.04 Å². The van der Waals surface area contributed by atoms with E-state index in [1.807, 2.05) is 36.4 Å². The zero-order valence-corrected chi connectivity index (χ0v) is 17.1. The number of carbonyl (C=O) groups is 1. The Labute approximate surface area is 174 Å². The minimum absolute atomic E-state index is 0.106. The van der Waals surface area contributed by atoms with Crippen LogP contribution in [0.15, 0.2) is 48.7 Å². The molecule has 2 heterocycles. The van der Waals surface area contributed by atoms with Crippen LogP contribution in [0.25, 0.3) is 10.9 Å². The zero-order valence-electron chi connectivity index (χ0n) is 17.1. The van der Waals surface area contributed by atoms with Crippen molar-refractivity contribution in [3.8, 4) is 17.2 Å². The van der Waals surface area contributed by atoms with Gasteiger partial charge in [0.2, 0.25) is 5.91 Å². The lowest BCUT2D eigenvalue weighted by Gasteiger charge is -2.15. The second kappa shape index (κ2) is 8.56. The molecule has 2 aromatic carbocycles. The SMILES string of the molecule is COc1ccc(OC)c(C2CC(C(=O)Nc3cc(OC)cc4cccnc34)NN2)c1. The van der Waals surface area contributed by atoms with Crippen LogP contribution in [0.5, 0.6) is 17.2 Å². The standard InChI is InChI=1S/C22H24N4O4/c1-28-14-6-7-20(30-3)16(10-14)17-12-19(26-25-17)22(27)24-18-11-15(29-2)9-13-5-4-8-23-21(13)18/h4-11,17,19,25-26H,12H2,1-3H3,(H,24,27). The number of hydrogen-bond donors (Lipinski definition) is 3. The number of nitrogens with zero attached hydrogens (tertiary/aromatic N) is 1. The van der Waals surface area contributed by atoms with Gasteiger partial charge in [0.05, 0.1) is 38.6 Å². The zero-order chi connectivity index (χ0) is 21.1. The van der Waals surface area contributed by atoms with Gasteiger partial charge in [0.1, 0.15) is 23.3 Å². The average Bonchev–Trinajstić information content (AvgIpc) is 3.28. The van der Waals surface area contributed by atoms with Crippen molar-refractivity contribution in [3.05, 3.63) is 54.2 Å². The third kappa shape index (κ3) is 3.87. The van der Waals surface area contributed by atoms with Crippen LogP contribution < -0.4 is 30.4 Å². The summed E-state index contributed by atoms with van der Waals surface area (Å²) in [5.41, 5.74) is 8.52. The highest BCUT2D eigenvalue weighted by atomic mass is 16.5. The summed E-state index contributed by atoms with van der Waals surface area (Å²) >= 11 is 0. The van der Waals surface area contributed by atoms with E-state index in [1.54, 1.807) is 33.6 Å². The Kier molecular flexibility index (Phi) is 5.69. The maximum absolute atomic E-state index is 13.0. The lowest BCUT2D eigenvalue weighted by Crippen LogP contribution is -2.39. The van der Waals surface area contributed by atoms with Gasteiger partial charge in [-0.05, 0) is 36.8 Å². The molecule has 8 heteroatoms. The Morgan fingerprint density at radius 2 is 1.87 bits per heavy atom. The van der Waals surface area contributed by atoms with Crippen LogP contribution in [0, 0.1) is 0 Å². The summed E-state index contributed by atoms with van der Waals surface area (Å²) < 4.78 is 16.2. The fourth-order valence-corrected chi connectivity index (χ4v) is 3.64. The van der Waals surface area contributed by atoms with Gasteiger partial charge in [-0.1, -0.05) is 6.07 Å². The largest absolute Gasteiger partial charge is 0.497 e. The Hall–Kier alpha value is -3.36. The van der Waals surface area contributed by atoms with Gasteiger partial charge < -0.3 is 19.5 Å². The molecule has 4 rings (SSSR count). The molecule has 3 aromatic rings. The summed E-state index contributed by atoms with van der Waals surface area (Å²) in [6, 6.07) is 12.5. The van der Waals surface area contributed by atoms with Crippen LogP contribution in [-0.4, -0.2) is 38.3 Å². The number of nitrogens with one attached hydrogen (secondary N) is 3. The maximum atomic E-state index is 13.0. The van der Waals surface area contributed by atoms with E-state index in [2.05, 4.69) is 21.2 Å². The van der Waals surface area contributed by atoms with Crippen LogP contribution in [0.1, 0.15) is 18.0 Å². The average molecular weight is 408 g/mol. The first-order valence-electron chi connectivity index (χ1n) is 9.59. The molecule has 3 N–H and O–H groups in total. The number of methoxy groups -OCH3 is 3. The first kappa shape index (κ1) is 19.9. The normalized spacial score (nSPS) is 18.2. The number of amides is 1. The summed E-state index contributed by atoms with van der Waals surface area (Å²) in [4.78, 5) is 17.4. The van der Waals surface area contributed by atoms with Crippen LogP contribution >= 0.6 is 0 Å². The van der Waals surface area contributed by atoms with Crippen molar-refractivity contribution in [1.82, 2.24) is 15.8 Å². The quantitative estimate of drug-likeness (QED) is 0.577. The number of hydrazine groups is 1. The molecule has 2 atom stereocenters. The molecule has 1 amide bonds. The topological polar surface area (TPSA) is 93.7 Å². The van der Waals surface area contributed by atoms with Gasteiger partial charge in [-0.3, -0.25) is 9.78 Å². The highest BCUT2D eigenvalue weighted by Crippen LogP contribution is 2.34. The summed E-state index contributed by atoms with van der Waals surface area (Å²) in [7, 11) is 4.84. The van der Waals surface area contributed by atoms with Crippen LogP contribution in [0.4, 0.5) is 5.69 Å². The summed E-state index contributed by atoms with van der Waals surface area (Å²) in [5.74, 6) is 1.96. The smallest absolute Gasteiger partial charge is 0.242 e. The van der Waals surface area contributed by atoms with Gasteiger partial charge in [-0.15, -0.1) is 0 Å². The van der Waals surface area contributed by atoms with E-state index in [0.717, 1.165) is 22.4 Å². The summed E-state index contributed by atoms with van der Waals surface area (Å²) in [6.07, 6.45) is 2.25. The molecule has 0 aliphatic carbocycles. The second-order valence-corrected chi connectivity index (χ2v) is 6.98. The molecular weight excluding hydrogens is 384 g/mol. The van der Waals surface area contributed by atoms with Gasteiger partial charge in [0, 0.05) is 23.2 Å². The number of carbonyl (C=O) groups excluding carboxylic acids is 1. The van der Waals surface area contributed by atoms with Crippen molar-refractivity contribution >= 4 is 22.5 Å². The van der Waals surface area contributed by atoms with E-state index in [0.29, 0.717) is 23.4 Å². The predicted molar refractivity (Wildman–Crippen MR) is 114 cm³/mol. The van der Waals surface area contributed by atoms with Gasteiger partial charge in [0.25, 0.3) is 0 Å². The number of ether oxygens (including phenoxy) is 3. The van der Waals surface area contributed by atoms with E-state index in [1.165, 1.54) is 0 Å². The number of pyridine rings is 1. The molecule has 0 bridgehead atoms. The first-order chi connectivity index (χ1) is 14.6. The highest BCUT2D eigenvalue weighted by molar-refractivity contribution is 6.03. The number of benzene rings is 2. The van der Waals surface area contributed by atoms with Crippen LogP contribution in [0.3, 0.4) is 0 Å². The fraction of sp³-hybridized carbons (Fsp3) is 0.273. The Bertz CT molecular complexity index is 1070. The summed E-state index contributed by atoms with van der Waals surface area (Å²) in [5, 5.41) is 3.88. The Morgan fingerprint density at radius 3 is 2.63 bits per heavy atom. The summed E-state index contributed by atoms with van der Waals surface area (Å²) in [6.45, 7) is 0. The fourth-order valence-electron chi connectivity index (χ4n) is 3.64. The lowest BCUT2D eigenvalue weighted by molar-refractivity contribution is -0.117. The number of anilines is 1. The molecule has 1 aliphatic heterocycles. The third-order valence-corrected chi connectivity index (χ3v) is 5.20. The molecule has 0 saturated carbocycles. The Balaban J connectivity index is 1.53. The highest BCUT2D eigenvalue weighted by Gasteiger charge is 2.32. The molecule has 1 fully saturated rings. The minimum Gasteiger partial charge on any atom is -0.497 e. The first-order valence-corrected chi connectivity index (χ1v) is 9.59. The molecule has 2 unspecified atom stereocenters. The Morgan fingerprint density at radius 1 is 1.03 bits per heavy atom. The van der Waals surface area contributed by atoms with E-state index in [4.69, 9.17) is 14.2 Å². The lowest BCUT2D eigenvalue weighted by atomic mass is 10.00. The minimum atomic E-state index is -0.434. The monoisotopic (exact) mass is 408 g/mol. The number of rotatable bonds is 6. The van der Waals surface area contributed by atoms with E-state index in [9.17, 15) is 4.79 Å². The number of hydrogen-bond acceptors (Lipinski definition) is 7. The molecule has 156 valence electrons. The molecule has 1 saturated heterocycles. The van der Waals surface area contributed by atoms with Gasteiger partial charge in [-0.25, -0.2) is 10.9 Å². The van der Waals surface area contributed by atoms with Crippen molar-refractivity contribution in [2.75, 3.05) is 26.6 Å². The maximum Gasteiger partial charge on any atom is 0.242 e. The third-order valence-electron chi connectivity index (χ3n) is 5.20. The van der Waals surface area contributed by atoms with Crippen molar-refractivity contribution < 1.29 is 19.0 Å². The van der Waals surface area contributed by atoms with E-state index >= 15 is 0 Å². The van der Waals surface area contributed by atoms with Crippen molar-refractivity contribution in [1.29, 1.82) is 0 Å².